The molecule has 2 unspecified atom stereocenters. The second-order valence-electron chi connectivity index (χ2n) is 5.05. The van der Waals surface area contributed by atoms with Crippen LogP contribution >= 0.6 is 0 Å². The SMILES string of the molecule is CCCC(C)COc1ccc(C(C)NCC)cc1. The molecule has 0 radical (unpaired) electrons. The Bertz CT molecular complexity index is 320. The number of benzene rings is 1. The topological polar surface area (TPSA) is 21.3 Å². The minimum absolute atomic E-state index is 0.406. The zero-order chi connectivity index (χ0) is 13.4. The van der Waals surface area contributed by atoms with Crippen LogP contribution in [0.4, 0.5) is 0 Å². The summed E-state index contributed by atoms with van der Waals surface area (Å²) in [5, 5.41) is 3.41. The predicted octanol–water partition coefficient (Wildman–Crippen LogP) is 4.17. The van der Waals surface area contributed by atoms with Crippen molar-refractivity contribution in [3.8, 4) is 5.75 Å². The van der Waals surface area contributed by atoms with Gasteiger partial charge in [-0.05, 0) is 43.5 Å². The molecule has 2 atom stereocenters. The summed E-state index contributed by atoms with van der Waals surface area (Å²) in [7, 11) is 0. The third kappa shape index (κ3) is 5.09. The maximum atomic E-state index is 5.79. The van der Waals surface area contributed by atoms with Crippen molar-refractivity contribution in [2.75, 3.05) is 13.2 Å². The summed E-state index contributed by atoms with van der Waals surface area (Å²) < 4.78 is 5.79. The first-order valence-electron chi connectivity index (χ1n) is 7.13. The number of hydrogen-bond donors (Lipinski definition) is 1. The smallest absolute Gasteiger partial charge is 0.119 e. The summed E-state index contributed by atoms with van der Waals surface area (Å²) in [5.74, 6) is 1.61. The van der Waals surface area contributed by atoms with E-state index in [9.17, 15) is 0 Å². The molecule has 1 aromatic rings. The second kappa shape index (κ2) is 8.15. The molecular weight excluding hydrogens is 222 g/mol. The van der Waals surface area contributed by atoms with Crippen molar-refractivity contribution in [3.63, 3.8) is 0 Å². The molecule has 0 saturated heterocycles. The minimum Gasteiger partial charge on any atom is -0.493 e. The molecule has 0 aliphatic rings. The monoisotopic (exact) mass is 249 g/mol. The molecule has 1 N–H and O–H groups in total. The largest absolute Gasteiger partial charge is 0.493 e. The molecule has 0 fully saturated rings. The average Bonchev–Trinajstić information content (AvgIpc) is 2.37. The highest BCUT2D eigenvalue weighted by Crippen LogP contribution is 2.18. The first kappa shape index (κ1) is 15.0. The van der Waals surface area contributed by atoms with Gasteiger partial charge in [-0.2, -0.15) is 0 Å². The number of hydrogen-bond acceptors (Lipinski definition) is 2. The van der Waals surface area contributed by atoms with Crippen LogP contribution in [0.1, 0.15) is 52.1 Å². The summed E-state index contributed by atoms with van der Waals surface area (Å²) in [5.41, 5.74) is 1.31. The molecular formula is C16H27NO. The standard InChI is InChI=1S/C16H27NO/c1-5-7-13(3)12-18-16-10-8-15(9-11-16)14(4)17-6-2/h8-11,13-14,17H,5-7,12H2,1-4H3. The Morgan fingerprint density at radius 3 is 2.33 bits per heavy atom. The van der Waals surface area contributed by atoms with Gasteiger partial charge in [0.25, 0.3) is 0 Å². The Labute approximate surface area is 112 Å². The molecule has 102 valence electrons. The molecule has 0 aliphatic heterocycles. The van der Waals surface area contributed by atoms with E-state index in [0.29, 0.717) is 12.0 Å². The Balaban J connectivity index is 2.45. The summed E-state index contributed by atoms with van der Waals surface area (Å²) in [6, 6.07) is 8.84. The van der Waals surface area contributed by atoms with Gasteiger partial charge in [-0.25, -0.2) is 0 Å². The van der Waals surface area contributed by atoms with E-state index in [1.54, 1.807) is 0 Å². The zero-order valence-electron chi connectivity index (χ0n) is 12.2. The van der Waals surface area contributed by atoms with Crippen LogP contribution < -0.4 is 10.1 Å². The summed E-state index contributed by atoms with van der Waals surface area (Å²) in [4.78, 5) is 0. The van der Waals surface area contributed by atoms with Gasteiger partial charge in [0.05, 0.1) is 6.61 Å². The van der Waals surface area contributed by atoms with Gasteiger partial charge < -0.3 is 10.1 Å². The molecule has 0 amide bonds. The van der Waals surface area contributed by atoms with Crippen LogP contribution in [0.3, 0.4) is 0 Å². The van der Waals surface area contributed by atoms with E-state index in [-0.39, 0.29) is 0 Å². The molecule has 0 aromatic heterocycles. The Morgan fingerprint density at radius 2 is 1.78 bits per heavy atom. The highest BCUT2D eigenvalue weighted by Gasteiger charge is 2.05. The lowest BCUT2D eigenvalue weighted by Gasteiger charge is -2.15. The lowest BCUT2D eigenvalue weighted by molar-refractivity contribution is 0.251. The first-order valence-corrected chi connectivity index (χ1v) is 7.13. The van der Waals surface area contributed by atoms with Crippen molar-refractivity contribution in [3.05, 3.63) is 29.8 Å². The van der Waals surface area contributed by atoms with E-state index < -0.39 is 0 Å². The normalized spacial score (nSPS) is 14.2. The van der Waals surface area contributed by atoms with Gasteiger partial charge in [-0.15, -0.1) is 0 Å². The molecule has 1 aromatic carbocycles. The van der Waals surface area contributed by atoms with Crippen LogP contribution in [-0.4, -0.2) is 13.2 Å². The fourth-order valence-electron chi connectivity index (χ4n) is 2.09. The zero-order valence-corrected chi connectivity index (χ0v) is 12.2. The van der Waals surface area contributed by atoms with Crippen LogP contribution in [0.2, 0.25) is 0 Å². The number of nitrogens with one attached hydrogen (secondary N) is 1. The lowest BCUT2D eigenvalue weighted by Crippen LogP contribution is -2.17. The van der Waals surface area contributed by atoms with E-state index in [1.165, 1.54) is 18.4 Å². The summed E-state index contributed by atoms with van der Waals surface area (Å²) in [6.07, 6.45) is 2.46. The Morgan fingerprint density at radius 1 is 1.11 bits per heavy atom. The number of ether oxygens (including phenoxy) is 1. The summed E-state index contributed by atoms with van der Waals surface area (Å²) >= 11 is 0. The van der Waals surface area contributed by atoms with E-state index in [2.05, 4.69) is 57.3 Å². The fourth-order valence-corrected chi connectivity index (χ4v) is 2.09. The van der Waals surface area contributed by atoms with E-state index in [1.807, 2.05) is 0 Å². The summed E-state index contributed by atoms with van der Waals surface area (Å²) in [6.45, 7) is 10.6. The highest BCUT2D eigenvalue weighted by atomic mass is 16.5. The minimum atomic E-state index is 0.406. The molecule has 0 spiro atoms. The maximum absolute atomic E-state index is 5.79. The van der Waals surface area contributed by atoms with Gasteiger partial charge in [-0.3, -0.25) is 0 Å². The van der Waals surface area contributed by atoms with Gasteiger partial charge in [0.1, 0.15) is 5.75 Å². The lowest BCUT2D eigenvalue weighted by atomic mass is 10.1. The first-order chi connectivity index (χ1) is 8.67. The molecule has 1 rings (SSSR count). The van der Waals surface area contributed by atoms with Crippen molar-refractivity contribution >= 4 is 0 Å². The van der Waals surface area contributed by atoms with Crippen LogP contribution in [0.25, 0.3) is 0 Å². The van der Waals surface area contributed by atoms with Crippen molar-refractivity contribution in [2.24, 2.45) is 5.92 Å². The van der Waals surface area contributed by atoms with Gasteiger partial charge in [0, 0.05) is 6.04 Å². The van der Waals surface area contributed by atoms with E-state index >= 15 is 0 Å². The number of rotatable bonds is 8. The molecule has 2 heteroatoms. The van der Waals surface area contributed by atoms with Gasteiger partial charge >= 0.3 is 0 Å². The van der Waals surface area contributed by atoms with E-state index in [0.717, 1.165) is 18.9 Å². The van der Waals surface area contributed by atoms with Crippen LogP contribution in [-0.2, 0) is 0 Å². The van der Waals surface area contributed by atoms with Crippen LogP contribution in [0.15, 0.2) is 24.3 Å². The van der Waals surface area contributed by atoms with E-state index in [4.69, 9.17) is 4.74 Å². The third-order valence-corrected chi connectivity index (χ3v) is 3.21. The van der Waals surface area contributed by atoms with Crippen LogP contribution in [0.5, 0.6) is 5.75 Å². The van der Waals surface area contributed by atoms with Crippen molar-refractivity contribution in [1.82, 2.24) is 5.32 Å². The fraction of sp³-hybridized carbons (Fsp3) is 0.625. The third-order valence-electron chi connectivity index (χ3n) is 3.21. The molecule has 0 heterocycles. The Kier molecular flexibility index (Phi) is 6.81. The molecule has 2 nitrogen and oxygen atoms in total. The quantitative estimate of drug-likeness (QED) is 0.746. The van der Waals surface area contributed by atoms with Crippen molar-refractivity contribution in [1.29, 1.82) is 0 Å². The van der Waals surface area contributed by atoms with Gasteiger partial charge in [0.15, 0.2) is 0 Å². The second-order valence-corrected chi connectivity index (χ2v) is 5.05. The highest BCUT2D eigenvalue weighted by molar-refractivity contribution is 5.28. The Hall–Kier alpha value is -1.02. The molecule has 0 saturated carbocycles. The predicted molar refractivity (Wildman–Crippen MR) is 78.1 cm³/mol. The van der Waals surface area contributed by atoms with Crippen molar-refractivity contribution < 1.29 is 4.74 Å². The van der Waals surface area contributed by atoms with Crippen LogP contribution in [0, 0.1) is 5.92 Å². The van der Waals surface area contributed by atoms with Crippen molar-refractivity contribution in [2.45, 2.75) is 46.6 Å². The molecule has 0 aliphatic carbocycles. The average molecular weight is 249 g/mol. The maximum Gasteiger partial charge on any atom is 0.119 e. The van der Waals surface area contributed by atoms with Gasteiger partial charge in [0.2, 0.25) is 0 Å². The molecule has 18 heavy (non-hydrogen) atoms. The van der Waals surface area contributed by atoms with Gasteiger partial charge in [-0.1, -0.05) is 39.3 Å². The molecule has 0 bridgehead atoms.